The number of hydrogen-bond acceptors (Lipinski definition) is 4. The van der Waals surface area contributed by atoms with E-state index in [0.29, 0.717) is 5.69 Å². The summed E-state index contributed by atoms with van der Waals surface area (Å²) < 4.78 is 40.9. The Kier molecular flexibility index (Phi) is 9.21. The zero-order valence-electron chi connectivity index (χ0n) is 20.6. The van der Waals surface area contributed by atoms with Crippen LogP contribution in [0.5, 0.6) is 0 Å². The van der Waals surface area contributed by atoms with Gasteiger partial charge in [-0.3, -0.25) is 13.9 Å². The third-order valence-electron chi connectivity index (χ3n) is 5.40. The van der Waals surface area contributed by atoms with Gasteiger partial charge in [-0.25, -0.2) is 12.8 Å². The number of anilines is 1. The van der Waals surface area contributed by atoms with E-state index in [2.05, 4.69) is 5.32 Å². The van der Waals surface area contributed by atoms with Crippen molar-refractivity contribution in [2.45, 2.75) is 59.2 Å². The van der Waals surface area contributed by atoms with Crippen LogP contribution in [0, 0.1) is 5.82 Å². The Labute approximate surface area is 202 Å². The maximum atomic E-state index is 14.4. The zero-order chi connectivity index (χ0) is 25.6. The highest BCUT2D eigenvalue weighted by Crippen LogP contribution is 2.29. The minimum atomic E-state index is -3.84. The van der Waals surface area contributed by atoms with Crippen LogP contribution < -0.4 is 9.62 Å². The fourth-order valence-corrected chi connectivity index (χ4v) is 4.46. The highest BCUT2D eigenvalue weighted by Gasteiger charge is 2.31. The third-order valence-corrected chi connectivity index (χ3v) is 6.53. The highest BCUT2D eigenvalue weighted by atomic mass is 32.2. The first kappa shape index (κ1) is 27.3. The molecule has 2 aromatic rings. The number of hydrogen-bond donors (Lipinski definition) is 1. The summed E-state index contributed by atoms with van der Waals surface area (Å²) in [6.45, 7) is 8.30. The van der Waals surface area contributed by atoms with Crippen LogP contribution >= 0.6 is 0 Å². The molecular weight excluding hydrogens is 457 g/mol. The number of amides is 2. The van der Waals surface area contributed by atoms with Crippen molar-refractivity contribution in [2.24, 2.45) is 0 Å². The fraction of sp³-hybridized carbons (Fsp3) is 0.440. The summed E-state index contributed by atoms with van der Waals surface area (Å²) in [4.78, 5) is 27.5. The van der Waals surface area contributed by atoms with Gasteiger partial charge in [0.05, 0.1) is 11.9 Å². The van der Waals surface area contributed by atoms with Crippen molar-refractivity contribution in [2.75, 3.05) is 17.1 Å². The standard InChI is InChI=1S/C25H34FN3O4S/c1-17(2)21-12-8-10-14-23(21)29(34(6,32)33)16-24(30)28(19(5)25(31)27-18(3)4)15-20-11-7-9-13-22(20)26/h7-14,17-19H,15-16H2,1-6H3,(H,27,31)/t19-/m0/s1. The average molecular weight is 492 g/mol. The molecule has 0 aromatic heterocycles. The lowest BCUT2D eigenvalue weighted by Gasteiger charge is -2.32. The molecule has 186 valence electrons. The van der Waals surface area contributed by atoms with E-state index in [1.165, 1.54) is 23.1 Å². The minimum Gasteiger partial charge on any atom is -0.352 e. The molecule has 0 heterocycles. The van der Waals surface area contributed by atoms with Gasteiger partial charge in [0.2, 0.25) is 21.8 Å². The first-order valence-corrected chi connectivity index (χ1v) is 13.1. The lowest BCUT2D eigenvalue weighted by atomic mass is 10.0. The fourth-order valence-electron chi connectivity index (χ4n) is 3.60. The third kappa shape index (κ3) is 7.03. The smallest absolute Gasteiger partial charge is 0.244 e. The first-order chi connectivity index (χ1) is 15.8. The molecule has 0 saturated carbocycles. The predicted octanol–water partition coefficient (Wildman–Crippen LogP) is 3.66. The minimum absolute atomic E-state index is 0.0146. The molecule has 34 heavy (non-hydrogen) atoms. The van der Waals surface area contributed by atoms with Crippen molar-refractivity contribution in [3.05, 3.63) is 65.5 Å². The van der Waals surface area contributed by atoms with E-state index < -0.39 is 40.2 Å². The van der Waals surface area contributed by atoms with Crippen LogP contribution in [0.4, 0.5) is 10.1 Å². The number of carbonyl (C=O) groups is 2. The van der Waals surface area contributed by atoms with Crippen molar-refractivity contribution >= 4 is 27.5 Å². The quantitative estimate of drug-likeness (QED) is 0.550. The van der Waals surface area contributed by atoms with Gasteiger partial charge in [-0.05, 0) is 44.4 Å². The number of para-hydroxylation sites is 1. The number of nitrogens with one attached hydrogen (secondary N) is 1. The van der Waals surface area contributed by atoms with Gasteiger partial charge in [-0.1, -0.05) is 50.2 Å². The van der Waals surface area contributed by atoms with Crippen LogP contribution in [0.3, 0.4) is 0 Å². The van der Waals surface area contributed by atoms with E-state index in [4.69, 9.17) is 0 Å². The van der Waals surface area contributed by atoms with Crippen LogP contribution in [-0.4, -0.2) is 50.0 Å². The maximum absolute atomic E-state index is 14.4. The second-order valence-electron chi connectivity index (χ2n) is 8.94. The Bertz CT molecular complexity index is 1120. The van der Waals surface area contributed by atoms with Crippen molar-refractivity contribution in [1.29, 1.82) is 0 Å². The van der Waals surface area contributed by atoms with E-state index in [0.717, 1.165) is 16.1 Å². The SMILES string of the molecule is CC(C)NC(=O)[C@H](C)N(Cc1ccccc1F)C(=O)CN(c1ccccc1C(C)C)S(C)(=O)=O. The van der Waals surface area contributed by atoms with Crippen LogP contribution in [0.1, 0.15) is 51.7 Å². The largest absolute Gasteiger partial charge is 0.352 e. The highest BCUT2D eigenvalue weighted by molar-refractivity contribution is 7.92. The van der Waals surface area contributed by atoms with Crippen molar-refractivity contribution < 1.29 is 22.4 Å². The van der Waals surface area contributed by atoms with Crippen LogP contribution in [0.2, 0.25) is 0 Å². The van der Waals surface area contributed by atoms with Crippen LogP contribution in [0.25, 0.3) is 0 Å². The summed E-state index contributed by atoms with van der Waals surface area (Å²) in [6, 6.07) is 11.9. The van der Waals surface area contributed by atoms with Crippen LogP contribution in [-0.2, 0) is 26.2 Å². The number of rotatable bonds is 10. The second-order valence-corrected chi connectivity index (χ2v) is 10.8. The van der Waals surface area contributed by atoms with Crippen molar-refractivity contribution in [3.63, 3.8) is 0 Å². The van der Waals surface area contributed by atoms with E-state index >= 15 is 0 Å². The monoisotopic (exact) mass is 491 g/mol. The summed E-state index contributed by atoms with van der Waals surface area (Å²) in [5.74, 6) is -1.52. The number of carbonyl (C=O) groups excluding carboxylic acids is 2. The molecule has 0 radical (unpaired) electrons. The molecule has 1 N–H and O–H groups in total. The lowest BCUT2D eigenvalue weighted by Crippen LogP contribution is -2.52. The summed E-state index contributed by atoms with van der Waals surface area (Å²) in [5, 5.41) is 2.76. The Morgan fingerprint density at radius 2 is 1.56 bits per heavy atom. The molecule has 0 spiro atoms. The Hall–Kier alpha value is -2.94. The molecule has 2 aromatic carbocycles. The van der Waals surface area contributed by atoms with Crippen molar-refractivity contribution in [1.82, 2.24) is 10.2 Å². The molecule has 7 nitrogen and oxygen atoms in total. The zero-order valence-corrected chi connectivity index (χ0v) is 21.4. The van der Waals surface area contributed by atoms with E-state index in [1.54, 1.807) is 39.0 Å². The molecule has 0 fully saturated rings. The molecule has 0 saturated heterocycles. The summed E-state index contributed by atoms with van der Waals surface area (Å²) in [5.41, 5.74) is 1.40. The van der Waals surface area contributed by atoms with Gasteiger partial charge in [-0.15, -0.1) is 0 Å². The Balaban J connectivity index is 2.47. The number of halogens is 1. The Morgan fingerprint density at radius 1 is 0.971 bits per heavy atom. The van der Waals surface area contributed by atoms with Gasteiger partial charge in [0.15, 0.2) is 0 Å². The molecule has 0 unspecified atom stereocenters. The van der Waals surface area contributed by atoms with Gasteiger partial charge >= 0.3 is 0 Å². The van der Waals surface area contributed by atoms with Crippen molar-refractivity contribution in [3.8, 4) is 0 Å². The molecule has 0 aliphatic heterocycles. The topological polar surface area (TPSA) is 86.8 Å². The van der Waals surface area contributed by atoms with Gasteiger partial charge in [0.25, 0.3) is 0 Å². The van der Waals surface area contributed by atoms with E-state index in [1.807, 2.05) is 26.0 Å². The number of benzene rings is 2. The van der Waals surface area contributed by atoms with E-state index in [9.17, 15) is 22.4 Å². The molecule has 9 heteroatoms. The van der Waals surface area contributed by atoms with E-state index in [-0.39, 0.29) is 24.1 Å². The Morgan fingerprint density at radius 3 is 2.12 bits per heavy atom. The molecule has 0 aliphatic carbocycles. The van der Waals surface area contributed by atoms with Gasteiger partial charge in [0, 0.05) is 18.2 Å². The molecule has 2 rings (SSSR count). The maximum Gasteiger partial charge on any atom is 0.244 e. The average Bonchev–Trinajstić information content (AvgIpc) is 2.75. The normalized spacial score (nSPS) is 12.5. The summed E-state index contributed by atoms with van der Waals surface area (Å²) in [7, 11) is -3.84. The molecule has 0 bridgehead atoms. The predicted molar refractivity (Wildman–Crippen MR) is 132 cm³/mol. The number of sulfonamides is 1. The second kappa shape index (κ2) is 11.5. The number of nitrogens with zero attached hydrogens (tertiary/aromatic N) is 2. The molecule has 2 amide bonds. The summed E-state index contributed by atoms with van der Waals surface area (Å²) >= 11 is 0. The molecular formula is C25H34FN3O4S. The summed E-state index contributed by atoms with van der Waals surface area (Å²) in [6.07, 6.45) is 1.04. The lowest BCUT2D eigenvalue weighted by molar-refractivity contribution is -0.139. The van der Waals surface area contributed by atoms with Gasteiger partial charge < -0.3 is 10.2 Å². The molecule has 1 atom stereocenters. The van der Waals surface area contributed by atoms with Gasteiger partial charge in [-0.2, -0.15) is 0 Å². The molecule has 0 aliphatic rings. The van der Waals surface area contributed by atoms with Gasteiger partial charge in [0.1, 0.15) is 18.4 Å². The van der Waals surface area contributed by atoms with Crippen LogP contribution in [0.15, 0.2) is 48.5 Å². The first-order valence-electron chi connectivity index (χ1n) is 11.2.